The van der Waals surface area contributed by atoms with Crippen LogP contribution in [-0.2, 0) is 19.6 Å². The highest BCUT2D eigenvalue weighted by Crippen LogP contribution is 2.37. The van der Waals surface area contributed by atoms with E-state index in [9.17, 15) is 0 Å². The molecule has 1 N–H and O–H groups in total. The average Bonchev–Trinajstić information content (AvgIpc) is 2.78. The smallest absolute Gasteiger partial charge is 0.180 e. The molecule has 3 aromatic rings. The molecule has 0 radical (unpaired) electrons. The molecule has 0 fully saturated rings. The van der Waals surface area contributed by atoms with Crippen molar-refractivity contribution >= 4 is 11.6 Å². The fourth-order valence-corrected chi connectivity index (χ4v) is 3.62. The molecule has 31 heavy (non-hydrogen) atoms. The van der Waals surface area contributed by atoms with Crippen molar-refractivity contribution in [3.63, 3.8) is 0 Å². The summed E-state index contributed by atoms with van der Waals surface area (Å²) < 4.78 is 17.3. The second-order valence-electron chi connectivity index (χ2n) is 7.35. The molecule has 0 aliphatic rings. The maximum Gasteiger partial charge on any atom is 0.180 e. The first-order chi connectivity index (χ1) is 15.1. The minimum atomic E-state index is 0.441. The van der Waals surface area contributed by atoms with Crippen molar-refractivity contribution in [2.24, 2.45) is 0 Å². The van der Waals surface area contributed by atoms with E-state index in [0.717, 1.165) is 29.8 Å². The predicted molar refractivity (Wildman–Crippen MR) is 127 cm³/mol. The molecule has 0 atom stereocenters. The van der Waals surface area contributed by atoms with Crippen LogP contribution in [0.3, 0.4) is 0 Å². The fraction of sp³-hybridized carbons (Fsp3) is 0.308. The maximum absolute atomic E-state index is 6.56. The van der Waals surface area contributed by atoms with Crippen molar-refractivity contribution in [1.29, 1.82) is 0 Å². The number of halogens is 1. The summed E-state index contributed by atoms with van der Waals surface area (Å²) >= 11 is 6.56. The van der Waals surface area contributed by atoms with Crippen LogP contribution in [0.4, 0.5) is 0 Å². The number of methoxy groups -OCH3 is 1. The lowest BCUT2D eigenvalue weighted by Crippen LogP contribution is -2.17. The molecular formula is C26H30ClNO3. The molecule has 0 saturated heterocycles. The highest BCUT2D eigenvalue weighted by atomic mass is 35.5. The number of hydrogen-bond acceptors (Lipinski definition) is 4. The molecule has 0 spiro atoms. The van der Waals surface area contributed by atoms with E-state index >= 15 is 0 Å². The summed E-state index contributed by atoms with van der Waals surface area (Å²) in [5.41, 5.74) is 4.55. The Morgan fingerprint density at radius 2 is 1.68 bits per heavy atom. The molecule has 0 aromatic heterocycles. The van der Waals surface area contributed by atoms with Crippen LogP contribution in [0, 0.1) is 6.92 Å². The van der Waals surface area contributed by atoms with E-state index in [-0.39, 0.29) is 0 Å². The molecular weight excluding hydrogens is 410 g/mol. The Kier molecular flexibility index (Phi) is 8.63. The fourth-order valence-electron chi connectivity index (χ4n) is 3.33. The zero-order valence-corrected chi connectivity index (χ0v) is 19.2. The highest BCUT2D eigenvalue weighted by molar-refractivity contribution is 6.32. The van der Waals surface area contributed by atoms with Crippen molar-refractivity contribution in [2.45, 2.75) is 33.4 Å². The topological polar surface area (TPSA) is 39.7 Å². The molecule has 0 saturated carbocycles. The summed E-state index contributed by atoms with van der Waals surface area (Å²) in [4.78, 5) is 0. The van der Waals surface area contributed by atoms with E-state index < -0.39 is 0 Å². The molecule has 4 nitrogen and oxygen atoms in total. The van der Waals surface area contributed by atoms with Gasteiger partial charge in [-0.1, -0.05) is 59.6 Å². The molecule has 0 heterocycles. The van der Waals surface area contributed by atoms with Crippen LogP contribution in [0.2, 0.25) is 5.02 Å². The van der Waals surface area contributed by atoms with Gasteiger partial charge in [0.15, 0.2) is 11.5 Å². The quantitative estimate of drug-likeness (QED) is 0.374. The van der Waals surface area contributed by atoms with E-state index in [1.165, 1.54) is 11.1 Å². The number of hydrogen-bond donors (Lipinski definition) is 1. The number of aryl methyl sites for hydroxylation is 1. The summed E-state index contributed by atoms with van der Waals surface area (Å²) in [5, 5.41) is 4.03. The van der Waals surface area contributed by atoms with Gasteiger partial charge in [-0.15, -0.1) is 0 Å². The van der Waals surface area contributed by atoms with E-state index in [0.29, 0.717) is 36.3 Å². The van der Waals surface area contributed by atoms with Crippen LogP contribution in [-0.4, -0.2) is 20.3 Å². The summed E-state index contributed by atoms with van der Waals surface area (Å²) in [7, 11) is 1.70. The van der Waals surface area contributed by atoms with Gasteiger partial charge in [0.2, 0.25) is 0 Å². The first-order valence-corrected chi connectivity index (χ1v) is 10.9. The number of rotatable bonds is 11. The Morgan fingerprint density at radius 1 is 0.903 bits per heavy atom. The normalized spacial score (nSPS) is 10.7. The Hall–Kier alpha value is -2.69. The van der Waals surface area contributed by atoms with Crippen molar-refractivity contribution in [1.82, 2.24) is 5.32 Å². The largest absolute Gasteiger partial charge is 0.496 e. The molecule has 0 amide bonds. The van der Waals surface area contributed by atoms with Crippen LogP contribution < -0.4 is 19.5 Å². The predicted octanol–water partition coefficient (Wildman–Crippen LogP) is 5.97. The molecule has 0 bridgehead atoms. The first-order valence-electron chi connectivity index (χ1n) is 10.6. The molecule has 0 aliphatic heterocycles. The summed E-state index contributed by atoms with van der Waals surface area (Å²) in [5.74, 6) is 2.17. The molecule has 5 heteroatoms. The standard InChI is InChI=1S/C26H30ClNO3/c1-4-30-25-16-21(17-28-14-13-22-7-5-6-8-24(22)29-3)15-23(27)26(25)31-18-20-11-9-19(2)10-12-20/h5-12,15-16,28H,4,13-14,17-18H2,1-3H3. The third-order valence-electron chi connectivity index (χ3n) is 4.97. The van der Waals surface area contributed by atoms with Crippen LogP contribution in [0.25, 0.3) is 0 Å². The number of nitrogens with one attached hydrogen (secondary N) is 1. The molecule has 164 valence electrons. The Bertz CT molecular complexity index is 973. The van der Waals surface area contributed by atoms with E-state index in [1.807, 2.05) is 37.3 Å². The second kappa shape index (κ2) is 11.6. The Balaban J connectivity index is 1.61. The van der Waals surface area contributed by atoms with Gasteiger partial charge in [0.1, 0.15) is 12.4 Å². The second-order valence-corrected chi connectivity index (χ2v) is 7.76. The van der Waals surface area contributed by atoms with E-state index in [4.69, 9.17) is 25.8 Å². The first kappa shape index (κ1) is 23.0. The monoisotopic (exact) mass is 439 g/mol. The van der Waals surface area contributed by atoms with Gasteiger partial charge < -0.3 is 19.5 Å². The summed E-state index contributed by atoms with van der Waals surface area (Å²) in [6.45, 7) is 6.52. The average molecular weight is 440 g/mol. The van der Waals surface area contributed by atoms with Crippen molar-refractivity contribution in [2.75, 3.05) is 20.3 Å². The van der Waals surface area contributed by atoms with Crippen LogP contribution in [0.1, 0.15) is 29.2 Å². The number of benzene rings is 3. The lowest BCUT2D eigenvalue weighted by molar-refractivity contribution is 0.269. The van der Waals surface area contributed by atoms with E-state index in [2.05, 4.69) is 42.6 Å². The van der Waals surface area contributed by atoms with Gasteiger partial charge in [0, 0.05) is 6.54 Å². The van der Waals surface area contributed by atoms with Crippen LogP contribution >= 0.6 is 11.6 Å². The van der Waals surface area contributed by atoms with Crippen molar-refractivity contribution in [3.8, 4) is 17.2 Å². The van der Waals surface area contributed by atoms with Gasteiger partial charge in [-0.2, -0.15) is 0 Å². The maximum atomic E-state index is 6.56. The zero-order chi connectivity index (χ0) is 22.1. The molecule has 0 aliphatic carbocycles. The highest BCUT2D eigenvalue weighted by Gasteiger charge is 2.13. The third-order valence-corrected chi connectivity index (χ3v) is 5.25. The zero-order valence-electron chi connectivity index (χ0n) is 18.4. The van der Waals surface area contributed by atoms with Crippen LogP contribution in [0.15, 0.2) is 60.7 Å². The number of para-hydroxylation sites is 1. The van der Waals surface area contributed by atoms with Crippen molar-refractivity contribution < 1.29 is 14.2 Å². The van der Waals surface area contributed by atoms with Gasteiger partial charge in [0.05, 0.1) is 18.7 Å². The van der Waals surface area contributed by atoms with Gasteiger partial charge in [-0.05, 0) is 61.7 Å². The minimum Gasteiger partial charge on any atom is -0.496 e. The molecule has 0 unspecified atom stereocenters. The van der Waals surface area contributed by atoms with Gasteiger partial charge in [-0.25, -0.2) is 0 Å². The lowest BCUT2D eigenvalue weighted by atomic mass is 10.1. The van der Waals surface area contributed by atoms with Crippen molar-refractivity contribution in [3.05, 3.63) is 87.9 Å². The third kappa shape index (κ3) is 6.65. The van der Waals surface area contributed by atoms with Gasteiger partial charge in [0.25, 0.3) is 0 Å². The minimum absolute atomic E-state index is 0.441. The molecule has 3 aromatic carbocycles. The van der Waals surface area contributed by atoms with Crippen LogP contribution in [0.5, 0.6) is 17.2 Å². The van der Waals surface area contributed by atoms with Gasteiger partial charge >= 0.3 is 0 Å². The van der Waals surface area contributed by atoms with Gasteiger partial charge in [-0.3, -0.25) is 0 Å². The summed E-state index contributed by atoms with van der Waals surface area (Å²) in [6, 6.07) is 20.3. The lowest BCUT2D eigenvalue weighted by Gasteiger charge is -2.16. The SMILES string of the molecule is CCOc1cc(CNCCc2ccccc2OC)cc(Cl)c1OCc1ccc(C)cc1. The van der Waals surface area contributed by atoms with E-state index in [1.54, 1.807) is 7.11 Å². The summed E-state index contributed by atoms with van der Waals surface area (Å²) in [6.07, 6.45) is 0.883. The molecule has 3 rings (SSSR count). The Labute approximate surface area is 190 Å². The Morgan fingerprint density at radius 3 is 2.42 bits per heavy atom. The number of ether oxygens (including phenoxy) is 3.